The quantitative estimate of drug-likeness (QED) is 0.711. The second-order valence-corrected chi connectivity index (χ2v) is 6.02. The molecular weight excluding hydrogens is 336 g/mol. The molecular formula is C19H17ClN4O. The second kappa shape index (κ2) is 7.32. The molecule has 0 saturated carbocycles. The highest BCUT2D eigenvalue weighted by molar-refractivity contribution is 6.34. The molecule has 2 aromatic carbocycles. The Balaban J connectivity index is 1.77. The monoisotopic (exact) mass is 352 g/mol. The summed E-state index contributed by atoms with van der Waals surface area (Å²) in [6, 6.07) is 16.2. The molecule has 0 radical (unpaired) electrons. The molecule has 1 amide bonds. The second-order valence-electron chi connectivity index (χ2n) is 5.61. The van der Waals surface area contributed by atoms with E-state index in [-0.39, 0.29) is 5.91 Å². The third-order valence-electron chi connectivity index (χ3n) is 3.48. The van der Waals surface area contributed by atoms with Crippen molar-refractivity contribution in [3.8, 4) is 0 Å². The number of carbonyl (C=O) groups excluding carboxylic acids is 1. The van der Waals surface area contributed by atoms with E-state index in [2.05, 4.69) is 20.6 Å². The van der Waals surface area contributed by atoms with Crippen molar-refractivity contribution in [3.63, 3.8) is 0 Å². The lowest BCUT2D eigenvalue weighted by Crippen LogP contribution is -2.12. The number of amides is 1. The van der Waals surface area contributed by atoms with Crippen molar-refractivity contribution in [1.82, 2.24) is 9.97 Å². The van der Waals surface area contributed by atoms with Gasteiger partial charge in [0.15, 0.2) is 0 Å². The number of benzene rings is 2. The van der Waals surface area contributed by atoms with Crippen LogP contribution in [-0.4, -0.2) is 15.9 Å². The number of aromatic nitrogens is 2. The summed E-state index contributed by atoms with van der Waals surface area (Å²) < 4.78 is 0. The standard InChI is InChI=1S/C19H17ClN4O/c1-12-10-13(2)22-19(21-12)24-15-7-5-6-14(11-15)23-18(25)16-8-3-4-9-17(16)20/h3-11H,1-2H3,(H,23,25)(H,21,22,24). The number of nitrogens with zero attached hydrogens (tertiary/aromatic N) is 2. The van der Waals surface area contributed by atoms with E-state index in [4.69, 9.17) is 11.6 Å². The molecule has 0 aliphatic carbocycles. The molecule has 3 aromatic rings. The van der Waals surface area contributed by atoms with Gasteiger partial charge in [0, 0.05) is 22.8 Å². The number of anilines is 3. The Kier molecular flexibility index (Phi) is 4.95. The summed E-state index contributed by atoms with van der Waals surface area (Å²) in [5, 5.41) is 6.41. The summed E-state index contributed by atoms with van der Waals surface area (Å²) in [5.41, 5.74) is 3.64. The number of hydrogen-bond donors (Lipinski definition) is 2. The smallest absolute Gasteiger partial charge is 0.257 e. The molecule has 0 aliphatic heterocycles. The average Bonchev–Trinajstić information content (AvgIpc) is 2.54. The minimum atomic E-state index is -0.259. The van der Waals surface area contributed by atoms with Crippen LogP contribution in [-0.2, 0) is 0 Å². The van der Waals surface area contributed by atoms with Crippen LogP contribution in [0.2, 0.25) is 5.02 Å². The van der Waals surface area contributed by atoms with Crippen molar-refractivity contribution < 1.29 is 4.79 Å². The van der Waals surface area contributed by atoms with E-state index < -0.39 is 0 Å². The molecule has 0 atom stereocenters. The third-order valence-corrected chi connectivity index (χ3v) is 3.81. The first-order valence-corrected chi connectivity index (χ1v) is 8.14. The molecule has 5 nitrogen and oxygen atoms in total. The molecule has 6 heteroatoms. The van der Waals surface area contributed by atoms with Crippen LogP contribution in [0.15, 0.2) is 54.6 Å². The molecule has 0 saturated heterocycles. The van der Waals surface area contributed by atoms with Gasteiger partial charge in [-0.2, -0.15) is 0 Å². The topological polar surface area (TPSA) is 66.9 Å². The summed E-state index contributed by atoms with van der Waals surface area (Å²) in [4.78, 5) is 21.1. The first kappa shape index (κ1) is 16.9. The first-order chi connectivity index (χ1) is 12.0. The zero-order chi connectivity index (χ0) is 17.8. The predicted molar refractivity (Wildman–Crippen MR) is 101 cm³/mol. The fraction of sp³-hybridized carbons (Fsp3) is 0.105. The van der Waals surface area contributed by atoms with E-state index in [0.29, 0.717) is 22.2 Å². The largest absolute Gasteiger partial charge is 0.324 e. The van der Waals surface area contributed by atoms with Crippen molar-refractivity contribution in [3.05, 3.63) is 76.6 Å². The SMILES string of the molecule is Cc1cc(C)nc(Nc2cccc(NC(=O)c3ccccc3Cl)c2)n1. The Labute approximate surface area is 151 Å². The maximum absolute atomic E-state index is 12.4. The molecule has 2 N–H and O–H groups in total. The number of rotatable bonds is 4. The van der Waals surface area contributed by atoms with Crippen LogP contribution in [0.5, 0.6) is 0 Å². The van der Waals surface area contributed by atoms with Crippen LogP contribution in [0.3, 0.4) is 0 Å². The Bertz CT molecular complexity index is 907. The van der Waals surface area contributed by atoms with Crippen molar-refractivity contribution in [2.24, 2.45) is 0 Å². The minimum absolute atomic E-state index is 0.259. The van der Waals surface area contributed by atoms with Crippen LogP contribution >= 0.6 is 11.6 Å². The Morgan fingerprint density at radius 2 is 1.60 bits per heavy atom. The van der Waals surface area contributed by atoms with Crippen molar-refractivity contribution in [1.29, 1.82) is 0 Å². The zero-order valence-corrected chi connectivity index (χ0v) is 14.6. The molecule has 0 aliphatic rings. The van der Waals surface area contributed by atoms with Gasteiger partial charge in [-0.15, -0.1) is 0 Å². The highest BCUT2D eigenvalue weighted by Gasteiger charge is 2.10. The molecule has 0 unspecified atom stereocenters. The van der Waals surface area contributed by atoms with Crippen LogP contribution in [0.25, 0.3) is 0 Å². The normalized spacial score (nSPS) is 10.4. The van der Waals surface area contributed by atoms with Gasteiger partial charge in [-0.1, -0.05) is 29.8 Å². The maximum Gasteiger partial charge on any atom is 0.257 e. The lowest BCUT2D eigenvalue weighted by atomic mass is 10.2. The number of carbonyl (C=O) groups is 1. The van der Waals surface area contributed by atoms with E-state index in [1.54, 1.807) is 24.3 Å². The highest BCUT2D eigenvalue weighted by Crippen LogP contribution is 2.21. The van der Waals surface area contributed by atoms with Gasteiger partial charge in [0.05, 0.1) is 10.6 Å². The molecule has 0 bridgehead atoms. The number of halogens is 1. The van der Waals surface area contributed by atoms with Crippen LogP contribution in [0.1, 0.15) is 21.7 Å². The van der Waals surface area contributed by atoms with Gasteiger partial charge in [-0.05, 0) is 50.2 Å². The Morgan fingerprint density at radius 1 is 0.920 bits per heavy atom. The fourth-order valence-corrected chi connectivity index (χ4v) is 2.65. The van der Waals surface area contributed by atoms with E-state index in [1.165, 1.54) is 0 Å². The van der Waals surface area contributed by atoms with Gasteiger partial charge < -0.3 is 10.6 Å². The van der Waals surface area contributed by atoms with Crippen molar-refractivity contribution >= 4 is 34.8 Å². The highest BCUT2D eigenvalue weighted by atomic mass is 35.5. The van der Waals surface area contributed by atoms with E-state index in [1.807, 2.05) is 44.2 Å². The average molecular weight is 353 g/mol. The van der Waals surface area contributed by atoms with Gasteiger partial charge >= 0.3 is 0 Å². The van der Waals surface area contributed by atoms with E-state index in [9.17, 15) is 4.79 Å². The lowest BCUT2D eigenvalue weighted by molar-refractivity contribution is 0.102. The van der Waals surface area contributed by atoms with Gasteiger partial charge in [0.25, 0.3) is 5.91 Å². The van der Waals surface area contributed by atoms with E-state index >= 15 is 0 Å². The summed E-state index contributed by atoms with van der Waals surface area (Å²) in [6.45, 7) is 3.83. The van der Waals surface area contributed by atoms with Gasteiger partial charge in [0.1, 0.15) is 0 Å². The fourth-order valence-electron chi connectivity index (χ4n) is 2.43. The van der Waals surface area contributed by atoms with E-state index in [0.717, 1.165) is 17.1 Å². The van der Waals surface area contributed by atoms with Gasteiger partial charge in [0.2, 0.25) is 5.95 Å². The van der Waals surface area contributed by atoms with Crippen LogP contribution < -0.4 is 10.6 Å². The molecule has 3 rings (SSSR count). The van der Waals surface area contributed by atoms with Crippen LogP contribution in [0, 0.1) is 13.8 Å². The minimum Gasteiger partial charge on any atom is -0.324 e. The van der Waals surface area contributed by atoms with Gasteiger partial charge in [-0.3, -0.25) is 4.79 Å². The molecule has 1 aromatic heterocycles. The third kappa shape index (κ3) is 4.33. The molecule has 0 spiro atoms. The summed E-state index contributed by atoms with van der Waals surface area (Å²) in [5.74, 6) is 0.262. The van der Waals surface area contributed by atoms with Crippen LogP contribution in [0.4, 0.5) is 17.3 Å². The predicted octanol–water partition coefficient (Wildman–Crippen LogP) is 4.74. The number of hydrogen-bond acceptors (Lipinski definition) is 4. The molecule has 0 fully saturated rings. The zero-order valence-electron chi connectivity index (χ0n) is 13.9. The number of aryl methyl sites for hydroxylation is 2. The number of nitrogens with one attached hydrogen (secondary N) is 2. The Hall–Kier alpha value is -2.92. The lowest BCUT2D eigenvalue weighted by Gasteiger charge is -2.10. The molecule has 126 valence electrons. The summed E-state index contributed by atoms with van der Waals surface area (Å²) >= 11 is 6.06. The first-order valence-electron chi connectivity index (χ1n) is 7.76. The van der Waals surface area contributed by atoms with Crippen molar-refractivity contribution in [2.45, 2.75) is 13.8 Å². The van der Waals surface area contributed by atoms with Crippen molar-refractivity contribution in [2.75, 3.05) is 10.6 Å². The molecule has 25 heavy (non-hydrogen) atoms. The van der Waals surface area contributed by atoms with Gasteiger partial charge in [-0.25, -0.2) is 9.97 Å². The maximum atomic E-state index is 12.4. The molecule has 1 heterocycles. The summed E-state index contributed by atoms with van der Waals surface area (Å²) in [6.07, 6.45) is 0. The summed E-state index contributed by atoms with van der Waals surface area (Å²) in [7, 11) is 0. The Morgan fingerprint density at radius 3 is 2.32 bits per heavy atom.